The smallest absolute Gasteiger partial charge is 0.139 e. The number of aryl methyl sites for hydroxylation is 2. The molecule has 0 radical (unpaired) electrons. The monoisotopic (exact) mass is 229 g/mol. The molecule has 2 bridgehead atoms. The standard InChI is InChI=1S/C15H19NO/c1-10-3-5-13(7-11(10)2)16-9-12-4-6-14(16)8-15(12)17/h3,5,7,12,14H,4,6,8-9H2,1-2H3. The summed E-state index contributed by atoms with van der Waals surface area (Å²) < 4.78 is 0. The second-order valence-electron chi connectivity index (χ2n) is 5.52. The number of benzene rings is 1. The van der Waals surface area contributed by atoms with E-state index in [1.807, 2.05) is 0 Å². The third kappa shape index (κ3) is 1.76. The first kappa shape index (κ1) is 10.8. The molecule has 3 aliphatic rings. The topological polar surface area (TPSA) is 20.3 Å². The van der Waals surface area contributed by atoms with Crippen molar-refractivity contribution in [1.82, 2.24) is 0 Å². The number of ketones is 1. The van der Waals surface area contributed by atoms with Crippen LogP contribution in [0.1, 0.15) is 30.4 Å². The van der Waals surface area contributed by atoms with Crippen molar-refractivity contribution >= 4 is 11.5 Å². The van der Waals surface area contributed by atoms with Gasteiger partial charge in [-0.3, -0.25) is 4.79 Å². The number of Topliss-reactive ketones (excluding diaryl/α,β-unsaturated/α-hetero) is 1. The molecule has 1 saturated carbocycles. The molecular formula is C15H19NO. The lowest BCUT2D eigenvalue weighted by Crippen LogP contribution is -2.52. The maximum Gasteiger partial charge on any atom is 0.139 e. The molecule has 2 aliphatic heterocycles. The van der Waals surface area contributed by atoms with Crippen LogP contribution in [-0.4, -0.2) is 18.4 Å². The molecule has 17 heavy (non-hydrogen) atoms. The fourth-order valence-corrected chi connectivity index (χ4v) is 3.12. The van der Waals surface area contributed by atoms with Crippen molar-refractivity contribution in [3.8, 4) is 0 Å². The van der Waals surface area contributed by atoms with Gasteiger partial charge < -0.3 is 4.90 Å². The summed E-state index contributed by atoms with van der Waals surface area (Å²) in [6, 6.07) is 7.11. The number of rotatable bonds is 1. The number of anilines is 1. The zero-order valence-corrected chi connectivity index (χ0v) is 10.6. The van der Waals surface area contributed by atoms with E-state index in [0.717, 1.165) is 19.4 Å². The predicted octanol–water partition coefficient (Wildman–Crippen LogP) is 2.86. The summed E-state index contributed by atoms with van der Waals surface area (Å²) in [5, 5.41) is 0. The molecule has 0 amide bonds. The maximum atomic E-state index is 11.7. The van der Waals surface area contributed by atoms with Crippen molar-refractivity contribution in [2.75, 3.05) is 11.4 Å². The van der Waals surface area contributed by atoms with E-state index < -0.39 is 0 Å². The molecule has 0 N–H and O–H groups in total. The summed E-state index contributed by atoms with van der Waals surface area (Å²) in [7, 11) is 0. The summed E-state index contributed by atoms with van der Waals surface area (Å²) in [5.74, 6) is 0.781. The van der Waals surface area contributed by atoms with Crippen LogP contribution in [-0.2, 0) is 4.79 Å². The Morgan fingerprint density at radius 2 is 2.00 bits per heavy atom. The lowest BCUT2D eigenvalue weighted by Gasteiger charge is -2.45. The van der Waals surface area contributed by atoms with E-state index in [4.69, 9.17) is 0 Å². The van der Waals surface area contributed by atoms with E-state index in [1.54, 1.807) is 0 Å². The highest BCUT2D eigenvalue weighted by atomic mass is 16.1. The second-order valence-corrected chi connectivity index (χ2v) is 5.52. The third-order valence-electron chi connectivity index (χ3n) is 4.42. The number of carbonyl (C=O) groups is 1. The van der Waals surface area contributed by atoms with Crippen LogP contribution in [0, 0.1) is 19.8 Å². The lowest BCUT2D eigenvalue weighted by atomic mass is 9.78. The Kier molecular flexibility index (Phi) is 2.46. The molecule has 2 atom stereocenters. The molecule has 3 fully saturated rings. The van der Waals surface area contributed by atoms with Crippen molar-refractivity contribution in [2.45, 2.75) is 39.2 Å². The van der Waals surface area contributed by atoms with E-state index in [0.29, 0.717) is 17.7 Å². The Bertz CT molecular complexity index is 466. The van der Waals surface area contributed by atoms with Gasteiger partial charge in [0.1, 0.15) is 5.78 Å². The summed E-state index contributed by atoms with van der Waals surface area (Å²) in [6.45, 7) is 5.24. The van der Waals surface area contributed by atoms with Gasteiger partial charge >= 0.3 is 0 Å². The van der Waals surface area contributed by atoms with Gasteiger partial charge in [-0.2, -0.15) is 0 Å². The zero-order chi connectivity index (χ0) is 12.0. The van der Waals surface area contributed by atoms with Crippen molar-refractivity contribution in [3.05, 3.63) is 29.3 Å². The molecule has 0 aromatic heterocycles. The molecule has 2 heteroatoms. The number of hydrogen-bond acceptors (Lipinski definition) is 2. The van der Waals surface area contributed by atoms with Gasteiger partial charge in [0, 0.05) is 30.6 Å². The first-order chi connectivity index (χ1) is 8.15. The van der Waals surface area contributed by atoms with Crippen LogP contribution in [0.3, 0.4) is 0 Å². The Morgan fingerprint density at radius 3 is 2.59 bits per heavy atom. The van der Waals surface area contributed by atoms with Crippen molar-refractivity contribution in [3.63, 3.8) is 0 Å². The van der Waals surface area contributed by atoms with Gasteiger partial charge in [0.2, 0.25) is 0 Å². The molecule has 2 saturated heterocycles. The van der Waals surface area contributed by atoms with Crippen molar-refractivity contribution in [1.29, 1.82) is 0 Å². The van der Waals surface area contributed by atoms with Crippen molar-refractivity contribution in [2.24, 2.45) is 5.92 Å². The van der Waals surface area contributed by atoms with Gasteiger partial charge in [0.05, 0.1) is 0 Å². The largest absolute Gasteiger partial charge is 0.367 e. The van der Waals surface area contributed by atoms with Crippen LogP contribution < -0.4 is 4.90 Å². The number of fused-ring (bicyclic) bond motifs is 3. The van der Waals surface area contributed by atoms with Gasteiger partial charge in [0.15, 0.2) is 0 Å². The molecule has 1 aliphatic carbocycles. The molecular weight excluding hydrogens is 210 g/mol. The average Bonchev–Trinajstić information content (AvgIpc) is 2.33. The first-order valence-electron chi connectivity index (χ1n) is 6.52. The number of carbonyl (C=O) groups excluding carboxylic acids is 1. The fourth-order valence-electron chi connectivity index (χ4n) is 3.12. The number of nitrogens with zero attached hydrogens (tertiary/aromatic N) is 1. The first-order valence-corrected chi connectivity index (χ1v) is 6.52. The lowest BCUT2D eigenvalue weighted by molar-refractivity contribution is -0.126. The van der Waals surface area contributed by atoms with Gasteiger partial charge in [-0.15, -0.1) is 0 Å². The highest BCUT2D eigenvalue weighted by Gasteiger charge is 2.39. The van der Waals surface area contributed by atoms with Gasteiger partial charge in [-0.25, -0.2) is 0 Å². The number of hydrogen-bond donors (Lipinski definition) is 0. The highest BCUT2D eigenvalue weighted by Crippen LogP contribution is 2.36. The molecule has 0 spiro atoms. The molecule has 2 unspecified atom stereocenters. The highest BCUT2D eigenvalue weighted by molar-refractivity contribution is 5.85. The van der Waals surface area contributed by atoms with E-state index in [1.165, 1.54) is 23.2 Å². The van der Waals surface area contributed by atoms with Gasteiger partial charge in [-0.1, -0.05) is 6.07 Å². The minimum absolute atomic E-state index is 0.293. The Morgan fingerprint density at radius 1 is 1.18 bits per heavy atom. The van der Waals surface area contributed by atoms with Crippen LogP contribution in [0.15, 0.2) is 18.2 Å². The molecule has 1 aromatic carbocycles. The summed E-state index contributed by atoms with van der Waals surface area (Å²) >= 11 is 0. The SMILES string of the molecule is Cc1ccc(N2CC3CCC2CC3=O)cc1C. The van der Waals surface area contributed by atoms with Crippen LogP contribution in [0.25, 0.3) is 0 Å². The fraction of sp³-hybridized carbons (Fsp3) is 0.533. The number of piperidine rings is 2. The van der Waals surface area contributed by atoms with Crippen molar-refractivity contribution < 1.29 is 4.79 Å². The van der Waals surface area contributed by atoms with Crippen LogP contribution in [0.4, 0.5) is 5.69 Å². The van der Waals surface area contributed by atoms with Crippen LogP contribution in [0.5, 0.6) is 0 Å². The molecule has 90 valence electrons. The maximum absolute atomic E-state index is 11.7. The summed E-state index contributed by atoms with van der Waals surface area (Å²) in [6.07, 6.45) is 3.05. The Labute approximate surface area is 103 Å². The minimum Gasteiger partial charge on any atom is -0.367 e. The van der Waals surface area contributed by atoms with Crippen LogP contribution >= 0.6 is 0 Å². The minimum atomic E-state index is 0.293. The Hall–Kier alpha value is -1.31. The zero-order valence-electron chi connectivity index (χ0n) is 10.6. The van der Waals surface area contributed by atoms with E-state index in [-0.39, 0.29) is 0 Å². The quantitative estimate of drug-likeness (QED) is 0.738. The predicted molar refractivity (Wildman–Crippen MR) is 69.4 cm³/mol. The normalized spacial score (nSPS) is 27.6. The molecule has 2 heterocycles. The van der Waals surface area contributed by atoms with E-state index in [2.05, 4.69) is 36.9 Å². The molecule has 1 aromatic rings. The van der Waals surface area contributed by atoms with E-state index >= 15 is 0 Å². The van der Waals surface area contributed by atoms with Gasteiger partial charge in [-0.05, 0) is 49.9 Å². The average molecular weight is 229 g/mol. The third-order valence-corrected chi connectivity index (χ3v) is 4.42. The van der Waals surface area contributed by atoms with E-state index in [9.17, 15) is 4.79 Å². The second kappa shape index (κ2) is 3.86. The Balaban J connectivity index is 1.90. The molecule has 4 rings (SSSR count). The summed E-state index contributed by atoms with van der Waals surface area (Å²) in [4.78, 5) is 14.2. The van der Waals surface area contributed by atoms with Gasteiger partial charge in [0.25, 0.3) is 0 Å². The summed E-state index contributed by atoms with van der Waals surface area (Å²) in [5.41, 5.74) is 3.98. The van der Waals surface area contributed by atoms with Crippen LogP contribution in [0.2, 0.25) is 0 Å². The molecule has 2 nitrogen and oxygen atoms in total.